The van der Waals surface area contributed by atoms with Crippen molar-refractivity contribution in [3.8, 4) is 0 Å². The zero-order valence-corrected chi connectivity index (χ0v) is 12.2. The molecular formula is C15H17BrO2. The highest BCUT2D eigenvalue weighted by molar-refractivity contribution is 9.10. The van der Waals surface area contributed by atoms with E-state index < -0.39 is 6.10 Å². The molecule has 1 aromatic heterocycles. The van der Waals surface area contributed by atoms with E-state index in [1.54, 1.807) is 12.1 Å². The molecule has 0 fully saturated rings. The zero-order valence-electron chi connectivity index (χ0n) is 10.6. The van der Waals surface area contributed by atoms with Gasteiger partial charge in [-0.25, -0.2) is 0 Å². The molecular weight excluding hydrogens is 292 g/mol. The summed E-state index contributed by atoms with van der Waals surface area (Å²) in [5.41, 5.74) is 3.33. The van der Waals surface area contributed by atoms with Gasteiger partial charge in [-0.3, -0.25) is 0 Å². The highest BCUT2D eigenvalue weighted by atomic mass is 79.9. The van der Waals surface area contributed by atoms with Crippen molar-refractivity contribution in [2.45, 2.75) is 32.8 Å². The molecule has 0 aliphatic heterocycles. The van der Waals surface area contributed by atoms with E-state index in [9.17, 15) is 5.11 Å². The van der Waals surface area contributed by atoms with Crippen molar-refractivity contribution in [3.05, 3.63) is 57.5 Å². The van der Waals surface area contributed by atoms with E-state index in [1.165, 1.54) is 5.56 Å². The number of furan rings is 1. The van der Waals surface area contributed by atoms with Gasteiger partial charge in [0.25, 0.3) is 0 Å². The second-order valence-corrected chi connectivity index (χ2v) is 5.07. The van der Waals surface area contributed by atoms with Crippen LogP contribution in [0.3, 0.4) is 0 Å². The Morgan fingerprint density at radius 3 is 2.50 bits per heavy atom. The van der Waals surface area contributed by atoms with Crippen LogP contribution >= 0.6 is 15.9 Å². The molecule has 2 nitrogen and oxygen atoms in total. The predicted molar refractivity (Wildman–Crippen MR) is 75.7 cm³/mol. The van der Waals surface area contributed by atoms with E-state index in [-0.39, 0.29) is 0 Å². The molecule has 96 valence electrons. The molecule has 18 heavy (non-hydrogen) atoms. The molecule has 1 unspecified atom stereocenters. The monoisotopic (exact) mass is 308 g/mol. The summed E-state index contributed by atoms with van der Waals surface area (Å²) in [5.74, 6) is 0.574. The zero-order chi connectivity index (χ0) is 13.1. The van der Waals surface area contributed by atoms with Crippen LogP contribution in [0.15, 0.2) is 39.4 Å². The number of aliphatic hydroxyl groups excluding tert-OH is 1. The van der Waals surface area contributed by atoms with Crippen molar-refractivity contribution in [1.82, 2.24) is 0 Å². The Morgan fingerprint density at radius 1 is 1.17 bits per heavy atom. The molecule has 1 atom stereocenters. The molecule has 2 rings (SSSR count). The summed E-state index contributed by atoms with van der Waals surface area (Å²) in [7, 11) is 0. The number of halogens is 1. The van der Waals surface area contributed by atoms with Gasteiger partial charge in [-0.05, 0) is 57.6 Å². The molecule has 0 bridgehead atoms. The average molecular weight is 309 g/mol. The number of hydrogen-bond acceptors (Lipinski definition) is 2. The lowest BCUT2D eigenvalue weighted by Crippen LogP contribution is -2.03. The van der Waals surface area contributed by atoms with Gasteiger partial charge in [-0.1, -0.05) is 32.0 Å². The van der Waals surface area contributed by atoms with Crippen molar-refractivity contribution < 1.29 is 9.52 Å². The Balaban J connectivity index is 2.41. The molecule has 3 heteroatoms. The van der Waals surface area contributed by atoms with Gasteiger partial charge in [0.05, 0.1) is 0 Å². The first-order chi connectivity index (χ1) is 8.65. The van der Waals surface area contributed by atoms with Gasteiger partial charge in [0.2, 0.25) is 0 Å². The van der Waals surface area contributed by atoms with Crippen LogP contribution in [0.2, 0.25) is 0 Å². The van der Waals surface area contributed by atoms with E-state index in [4.69, 9.17) is 4.42 Å². The van der Waals surface area contributed by atoms with E-state index in [2.05, 4.69) is 48.0 Å². The van der Waals surface area contributed by atoms with E-state index in [0.717, 1.165) is 24.0 Å². The molecule has 1 aromatic carbocycles. The minimum atomic E-state index is -0.697. The van der Waals surface area contributed by atoms with Gasteiger partial charge in [0.15, 0.2) is 4.67 Å². The Kier molecular flexibility index (Phi) is 4.25. The Bertz CT molecular complexity index is 531. The SMILES string of the molecule is CCc1ccc(CC)c(C(O)c2ccc(Br)o2)c1. The summed E-state index contributed by atoms with van der Waals surface area (Å²) in [4.78, 5) is 0. The van der Waals surface area contributed by atoms with Gasteiger partial charge < -0.3 is 9.52 Å². The van der Waals surface area contributed by atoms with Crippen LogP contribution in [0.4, 0.5) is 0 Å². The number of aliphatic hydroxyl groups is 1. The van der Waals surface area contributed by atoms with Crippen LogP contribution in [0.1, 0.15) is 42.4 Å². The molecule has 0 aliphatic rings. The molecule has 0 amide bonds. The molecule has 0 saturated heterocycles. The molecule has 2 aromatic rings. The number of aryl methyl sites for hydroxylation is 2. The fourth-order valence-corrected chi connectivity index (χ4v) is 2.39. The molecule has 0 saturated carbocycles. The summed E-state index contributed by atoms with van der Waals surface area (Å²) >= 11 is 3.26. The van der Waals surface area contributed by atoms with Crippen LogP contribution in [0.25, 0.3) is 0 Å². The maximum atomic E-state index is 10.4. The normalized spacial score (nSPS) is 12.7. The number of rotatable bonds is 4. The maximum absolute atomic E-state index is 10.4. The summed E-state index contributed by atoms with van der Waals surface area (Å²) < 4.78 is 6.08. The quantitative estimate of drug-likeness (QED) is 0.916. The van der Waals surface area contributed by atoms with E-state index in [1.807, 2.05) is 0 Å². The second kappa shape index (κ2) is 5.72. The summed E-state index contributed by atoms with van der Waals surface area (Å²) in [6.45, 7) is 4.20. The third-order valence-corrected chi connectivity index (χ3v) is 3.58. The number of benzene rings is 1. The van der Waals surface area contributed by atoms with Crippen molar-refractivity contribution in [2.24, 2.45) is 0 Å². The van der Waals surface area contributed by atoms with Gasteiger partial charge >= 0.3 is 0 Å². The highest BCUT2D eigenvalue weighted by Gasteiger charge is 2.17. The summed E-state index contributed by atoms with van der Waals surface area (Å²) in [5, 5.41) is 10.4. The average Bonchev–Trinajstić information content (AvgIpc) is 2.83. The van der Waals surface area contributed by atoms with Crippen molar-refractivity contribution >= 4 is 15.9 Å². The van der Waals surface area contributed by atoms with Gasteiger partial charge in [0, 0.05) is 0 Å². The maximum Gasteiger partial charge on any atom is 0.169 e. The van der Waals surface area contributed by atoms with Crippen LogP contribution in [0.5, 0.6) is 0 Å². The fraction of sp³-hybridized carbons (Fsp3) is 0.333. The third-order valence-electron chi connectivity index (χ3n) is 3.16. The minimum absolute atomic E-state index is 0.574. The van der Waals surface area contributed by atoms with Crippen molar-refractivity contribution in [3.63, 3.8) is 0 Å². The molecule has 1 heterocycles. The molecule has 0 spiro atoms. The van der Waals surface area contributed by atoms with E-state index in [0.29, 0.717) is 10.4 Å². The number of hydrogen-bond donors (Lipinski definition) is 1. The first-order valence-electron chi connectivity index (χ1n) is 6.20. The Morgan fingerprint density at radius 2 is 1.94 bits per heavy atom. The summed E-state index contributed by atoms with van der Waals surface area (Å²) in [6.07, 6.45) is 1.17. The smallest absolute Gasteiger partial charge is 0.169 e. The van der Waals surface area contributed by atoms with E-state index >= 15 is 0 Å². The lowest BCUT2D eigenvalue weighted by atomic mass is 9.96. The van der Waals surface area contributed by atoms with Crippen molar-refractivity contribution in [2.75, 3.05) is 0 Å². The van der Waals surface area contributed by atoms with Crippen LogP contribution in [0, 0.1) is 0 Å². The lowest BCUT2D eigenvalue weighted by molar-refractivity contribution is 0.186. The minimum Gasteiger partial charge on any atom is -0.451 e. The molecule has 0 radical (unpaired) electrons. The molecule has 0 aliphatic carbocycles. The lowest BCUT2D eigenvalue weighted by Gasteiger charge is -2.14. The predicted octanol–water partition coefficient (Wildman–Crippen LogP) is 4.25. The van der Waals surface area contributed by atoms with Gasteiger partial charge in [-0.15, -0.1) is 0 Å². The standard InChI is InChI=1S/C15H17BrO2/c1-3-10-5-6-11(4-2)12(9-10)15(17)13-7-8-14(16)18-13/h5-9,15,17H,3-4H2,1-2H3. The first-order valence-corrected chi connectivity index (χ1v) is 7.00. The van der Waals surface area contributed by atoms with Gasteiger partial charge in [-0.2, -0.15) is 0 Å². The third kappa shape index (κ3) is 2.68. The topological polar surface area (TPSA) is 33.4 Å². The highest BCUT2D eigenvalue weighted by Crippen LogP contribution is 2.29. The van der Waals surface area contributed by atoms with Crippen LogP contribution in [-0.4, -0.2) is 5.11 Å². The Labute approximate surface area is 116 Å². The Hall–Kier alpha value is -1.06. The molecule has 1 N–H and O–H groups in total. The van der Waals surface area contributed by atoms with Gasteiger partial charge in [0.1, 0.15) is 11.9 Å². The fourth-order valence-electron chi connectivity index (χ4n) is 2.07. The first kappa shape index (κ1) is 13.4. The van der Waals surface area contributed by atoms with Crippen LogP contribution in [-0.2, 0) is 12.8 Å². The van der Waals surface area contributed by atoms with Crippen molar-refractivity contribution in [1.29, 1.82) is 0 Å². The second-order valence-electron chi connectivity index (χ2n) is 4.28. The van der Waals surface area contributed by atoms with Crippen LogP contribution < -0.4 is 0 Å². The largest absolute Gasteiger partial charge is 0.451 e. The summed E-state index contributed by atoms with van der Waals surface area (Å²) in [6, 6.07) is 9.88.